The minimum atomic E-state index is -1.18. The molecule has 0 bridgehead atoms. The molecule has 8 nitrogen and oxygen atoms in total. The third-order valence-electron chi connectivity index (χ3n) is 4.96. The molecule has 0 saturated carbocycles. The van der Waals surface area contributed by atoms with Crippen LogP contribution in [0.15, 0.2) is 48.5 Å². The van der Waals surface area contributed by atoms with Gasteiger partial charge in [0.05, 0.1) is 12.2 Å². The van der Waals surface area contributed by atoms with Gasteiger partial charge < -0.3 is 21.7 Å². The van der Waals surface area contributed by atoms with E-state index in [-0.39, 0.29) is 28.4 Å². The molecule has 0 aliphatic heterocycles. The average molecular weight is 518 g/mol. The van der Waals surface area contributed by atoms with Crippen molar-refractivity contribution in [2.45, 2.75) is 38.9 Å². The van der Waals surface area contributed by atoms with E-state index in [0.29, 0.717) is 22.1 Å². The molecular weight excluding hydrogens is 493 g/mol. The highest BCUT2D eigenvalue weighted by molar-refractivity contribution is 7.09. The molecule has 0 unspecified atom stereocenters. The average Bonchev–Trinajstić information content (AvgIpc) is 3.15. The SMILES string of the molecule is CC(C)(C)NC(=O)[C@H](c1ccc(Cl)cc1)N(Cc1ccccc1F)C(=O)c1snc(C(N)=O)c1N. The first-order chi connectivity index (χ1) is 16.4. The van der Waals surface area contributed by atoms with Crippen molar-refractivity contribution in [2.75, 3.05) is 5.73 Å². The molecule has 0 fully saturated rings. The van der Waals surface area contributed by atoms with E-state index in [1.807, 2.05) is 0 Å². The van der Waals surface area contributed by atoms with E-state index in [9.17, 15) is 18.8 Å². The lowest BCUT2D eigenvalue weighted by Gasteiger charge is -2.33. The Morgan fingerprint density at radius 1 is 1.14 bits per heavy atom. The number of hydrogen-bond donors (Lipinski definition) is 3. The van der Waals surface area contributed by atoms with Gasteiger partial charge in [0.1, 0.15) is 16.7 Å². The van der Waals surface area contributed by atoms with Crippen LogP contribution in [0.25, 0.3) is 0 Å². The van der Waals surface area contributed by atoms with Gasteiger partial charge in [-0.1, -0.05) is 41.9 Å². The highest BCUT2D eigenvalue weighted by Crippen LogP contribution is 2.31. The smallest absolute Gasteiger partial charge is 0.270 e. The van der Waals surface area contributed by atoms with Gasteiger partial charge in [-0.25, -0.2) is 4.39 Å². The molecule has 0 spiro atoms. The first-order valence-corrected chi connectivity index (χ1v) is 11.7. The maximum atomic E-state index is 14.6. The summed E-state index contributed by atoms with van der Waals surface area (Å²) in [4.78, 5) is 40.1. The maximum absolute atomic E-state index is 14.6. The summed E-state index contributed by atoms with van der Waals surface area (Å²) in [7, 11) is 0. The zero-order chi connectivity index (χ0) is 25.9. The van der Waals surface area contributed by atoms with E-state index < -0.39 is 35.1 Å². The van der Waals surface area contributed by atoms with E-state index >= 15 is 0 Å². The minimum absolute atomic E-state index is 0.0855. The second-order valence-electron chi connectivity index (χ2n) is 8.86. The van der Waals surface area contributed by atoms with Crippen molar-refractivity contribution in [3.05, 3.63) is 81.1 Å². The quantitative estimate of drug-likeness (QED) is 0.437. The Hall–Kier alpha value is -3.50. The van der Waals surface area contributed by atoms with Gasteiger partial charge >= 0.3 is 0 Å². The van der Waals surface area contributed by atoms with Crippen molar-refractivity contribution in [1.29, 1.82) is 0 Å². The number of halogens is 2. The molecule has 11 heteroatoms. The summed E-state index contributed by atoms with van der Waals surface area (Å²) in [5, 5.41) is 3.32. The molecule has 0 aliphatic rings. The molecule has 184 valence electrons. The summed E-state index contributed by atoms with van der Waals surface area (Å²) >= 11 is 6.73. The second kappa shape index (κ2) is 10.4. The molecule has 5 N–H and O–H groups in total. The van der Waals surface area contributed by atoms with Crippen molar-refractivity contribution in [1.82, 2.24) is 14.6 Å². The molecular formula is C24H25ClFN5O3S. The van der Waals surface area contributed by atoms with E-state index in [2.05, 4.69) is 9.69 Å². The van der Waals surface area contributed by atoms with Crippen LogP contribution in [0.4, 0.5) is 10.1 Å². The second-order valence-corrected chi connectivity index (χ2v) is 10.1. The molecule has 1 atom stereocenters. The predicted molar refractivity (Wildman–Crippen MR) is 133 cm³/mol. The van der Waals surface area contributed by atoms with Gasteiger partial charge in [-0.15, -0.1) is 0 Å². The number of carbonyl (C=O) groups is 3. The Morgan fingerprint density at radius 2 is 1.77 bits per heavy atom. The lowest BCUT2D eigenvalue weighted by Crippen LogP contribution is -2.49. The normalized spacial score (nSPS) is 12.1. The summed E-state index contributed by atoms with van der Waals surface area (Å²) in [6.07, 6.45) is 0. The molecule has 3 aromatic rings. The standard InChI is InChI=1S/C24H25ClFN5O3S/c1-24(2,3)29-22(33)19(13-8-10-15(25)11-9-13)31(12-14-6-4-5-7-16(14)26)23(34)20-17(27)18(21(28)32)30-35-20/h4-11,19H,12,27H2,1-3H3,(H2,28,32)(H,29,33)/t19-/m0/s1. The third kappa shape index (κ3) is 6.14. The number of anilines is 1. The van der Waals surface area contributed by atoms with Crippen LogP contribution in [-0.4, -0.2) is 32.5 Å². The van der Waals surface area contributed by atoms with Crippen LogP contribution < -0.4 is 16.8 Å². The zero-order valence-electron chi connectivity index (χ0n) is 19.3. The minimum Gasteiger partial charge on any atom is -0.395 e. The van der Waals surface area contributed by atoms with Gasteiger partial charge in [-0.05, 0) is 56.1 Å². The van der Waals surface area contributed by atoms with Crippen molar-refractivity contribution in [3.8, 4) is 0 Å². The summed E-state index contributed by atoms with van der Waals surface area (Å²) in [6.45, 7) is 5.13. The molecule has 3 rings (SSSR count). The van der Waals surface area contributed by atoms with Gasteiger partial charge in [0, 0.05) is 16.1 Å². The number of carbonyl (C=O) groups excluding carboxylic acids is 3. The molecule has 1 aromatic heterocycles. The lowest BCUT2D eigenvalue weighted by molar-refractivity contribution is -0.127. The number of primary amides is 1. The van der Waals surface area contributed by atoms with E-state index in [1.54, 1.807) is 51.1 Å². The molecule has 3 amide bonds. The zero-order valence-corrected chi connectivity index (χ0v) is 20.9. The fraction of sp³-hybridized carbons (Fsp3) is 0.250. The van der Waals surface area contributed by atoms with Crippen molar-refractivity contribution in [3.63, 3.8) is 0 Å². The third-order valence-corrected chi connectivity index (χ3v) is 6.06. The number of hydrogen-bond acceptors (Lipinski definition) is 6. The van der Waals surface area contributed by atoms with Crippen LogP contribution in [-0.2, 0) is 11.3 Å². The molecule has 1 heterocycles. The maximum Gasteiger partial charge on any atom is 0.270 e. The lowest BCUT2D eigenvalue weighted by atomic mass is 10.0. The van der Waals surface area contributed by atoms with Gasteiger partial charge in [-0.3, -0.25) is 14.4 Å². The summed E-state index contributed by atoms with van der Waals surface area (Å²) < 4.78 is 18.5. The van der Waals surface area contributed by atoms with Gasteiger partial charge in [0.15, 0.2) is 5.69 Å². The van der Waals surface area contributed by atoms with Gasteiger partial charge in [0.2, 0.25) is 5.91 Å². The highest BCUT2D eigenvalue weighted by Gasteiger charge is 2.36. The highest BCUT2D eigenvalue weighted by atomic mass is 35.5. The molecule has 0 aliphatic carbocycles. The summed E-state index contributed by atoms with van der Waals surface area (Å²) in [5.74, 6) is -2.65. The van der Waals surface area contributed by atoms with Crippen molar-refractivity contribution in [2.24, 2.45) is 5.73 Å². The Balaban J connectivity index is 2.18. The molecule has 0 saturated heterocycles. The number of benzene rings is 2. The van der Waals surface area contributed by atoms with Crippen molar-refractivity contribution >= 4 is 46.5 Å². The van der Waals surface area contributed by atoms with Gasteiger partial charge in [0.25, 0.3) is 11.8 Å². The number of nitrogens with zero attached hydrogens (tertiary/aromatic N) is 2. The molecule has 2 aromatic carbocycles. The van der Waals surface area contributed by atoms with Crippen molar-refractivity contribution < 1.29 is 18.8 Å². The van der Waals surface area contributed by atoms with Crippen LogP contribution >= 0.6 is 23.1 Å². The first-order valence-electron chi connectivity index (χ1n) is 10.6. The number of rotatable bonds is 7. The monoisotopic (exact) mass is 517 g/mol. The first kappa shape index (κ1) is 26.1. The number of nitrogens with one attached hydrogen (secondary N) is 1. The fourth-order valence-corrected chi connectivity index (χ4v) is 4.29. The fourth-order valence-electron chi connectivity index (χ4n) is 3.41. The van der Waals surface area contributed by atoms with Gasteiger partial charge in [-0.2, -0.15) is 4.37 Å². The molecule has 35 heavy (non-hydrogen) atoms. The number of aromatic nitrogens is 1. The predicted octanol–water partition coefficient (Wildman–Crippen LogP) is 3.92. The topological polar surface area (TPSA) is 131 Å². The largest absolute Gasteiger partial charge is 0.395 e. The Bertz CT molecular complexity index is 1260. The summed E-state index contributed by atoms with van der Waals surface area (Å²) in [5.41, 5.74) is 10.9. The van der Waals surface area contributed by atoms with E-state index in [0.717, 1.165) is 0 Å². The van der Waals surface area contributed by atoms with Crippen LogP contribution in [0.5, 0.6) is 0 Å². The Morgan fingerprint density at radius 3 is 2.31 bits per heavy atom. The number of nitrogen functional groups attached to an aromatic ring is 1. The molecule has 0 radical (unpaired) electrons. The van der Waals surface area contributed by atoms with Crippen LogP contribution in [0.2, 0.25) is 5.02 Å². The Labute approximate surface area is 211 Å². The van der Waals surface area contributed by atoms with E-state index in [4.69, 9.17) is 23.1 Å². The summed E-state index contributed by atoms with van der Waals surface area (Å²) in [6, 6.07) is 11.1. The van der Waals surface area contributed by atoms with Crippen LogP contribution in [0.1, 0.15) is 58.1 Å². The van der Waals surface area contributed by atoms with Crippen LogP contribution in [0, 0.1) is 5.82 Å². The van der Waals surface area contributed by atoms with Crippen LogP contribution in [0.3, 0.4) is 0 Å². The number of amides is 3. The number of nitrogens with two attached hydrogens (primary N) is 2. The Kier molecular flexibility index (Phi) is 7.76. The van der Waals surface area contributed by atoms with E-state index in [1.165, 1.54) is 23.1 Å².